The first-order valence-electron chi connectivity index (χ1n) is 6.81. The number of halogens is 1. The fourth-order valence-corrected chi connectivity index (χ4v) is 2.51. The molecule has 21 heavy (non-hydrogen) atoms. The number of nitrogens with zero attached hydrogens (tertiary/aromatic N) is 3. The van der Waals surface area contributed by atoms with E-state index in [1.165, 1.54) is 0 Å². The number of aryl methyl sites for hydroxylation is 1. The van der Waals surface area contributed by atoms with Crippen LogP contribution in [0.15, 0.2) is 47.2 Å². The molecule has 106 valence electrons. The molecule has 0 unspecified atom stereocenters. The van der Waals surface area contributed by atoms with Gasteiger partial charge < -0.3 is 4.74 Å². The van der Waals surface area contributed by atoms with Crippen molar-refractivity contribution in [2.24, 2.45) is 0 Å². The van der Waals surface area contributed by atoms with E-state index in [9.17, 15) is 0 Å². The normalized spacial score (nSPS) is 10.8. The number of hydrogen-bond acceptors (Lipinski definition) is 4. The summed E-state index contributed by atoms with van der Waals surface area (Å²) < 4.78 is 6.67. The van der Waals surface area contributed by atoms with Crippen molar-refractivity contribution in [1.29, 1.82) is 0 Å². The van der Waals surface area contributed by atoms with Crippen molar-refractivity contribution >= 4 is 26.8 Å². The fourth-order valence-electron chi connectivity index (χ4n) is 2.11. The van der Waals surface area contributed by atoms with Gasteiger partial charge in [-0.3, -0.25) is 4.98 Å². The summed E-state index contributed by atoms with van der Waals surface area (Å²) in [6, 6.07) is 11.5. The van der Waals surface area contributed by atoms with E-state index in [0.717, 1.165) is 39.9 Å². The number of fused-ring (bicyclic) bond motifs is 1. The summed E-state index contributed by atoms with van der Waals surface area (Å²) in [4.78, 5) is 13.1. The summed E-state index contributed by atoms with van der Waals surface area (Å²) in [6.45, 7) is 2.10. The molecule has 0 saturated carbocycles. The Morgan fingerprint density at radius 3 is 2.90 bits per heavy atom. The van der Waals surface area contributed by atoms with Gasteiger partial charge in [0.1, 0.15) is 16.2 Å². The molecule has 2 aromatic heterocycles. The zero-order chi connectivity index (χ0) is 14.7. The Balaban J connectivity index is 1.98. The van der Waals surface area contributed by atoms with Crippen LogP contribution in [-0.2, 0) is 6.42 Å². The second-order valence-electron chi connectivity index (χ2n) is 4.62. The molecule has 0 fully saturated rings. The van der Waals surface area contributed by atoms with Gasteiger partial charge in [-0.25, -0.2) is 4.98 Å². The SMILES string of the molecule is CCCc1nc(Br)cc(Oc2cccc3ncccc23)n1. The van der Waals surface area contributed by atoms with Crippen LogP contribution < -0.4 is 4.74 Å². The number of aromatic nitrogens is 3. The van der Waals surface area contributed by atoms with Crippen molar-refractivity contribution < 1.29 is 4.74 Å². The number of benzene rings is 1. The van der Waals surface area contributed by atoms with Crippen LogP contribution in [0.1, 0.15) is 19.2 Å². The van der Waals surface area contributed by atoms with Gasteiger partial charge in [0.15, 0.2) is 0 Å². The monoisotopic (exact) mass is 343 g/mol. The molecule has 0 atom stereocenters. The number of pyridine rings is 1. The Labute approximate surface area is 131 Å². The maximum absolute atomic E-state index is 5.94. The fraction of sp³-hybridized carbons (Fsp3) is 0.188. The van der Waals surface area contributed by atoms with Crippen LogP contribution in [0.5, 0.6) is 11.6 Å². The van der Waals surface area contributed by atoms with Gasteiger partial charge in [-0.15, -0.1) is 0 Å². The van der Waals surface area contributed by atoms with Gasteiger partial charge in [-0.2, -0.15) is 4.98 Å². The summed E-state index contributed by atoms with van der Waals surface area (Å²) in [5, 5.41) is 0.965. The highest BCUT2D eigenvalue weighted by Crippen LogP contribution is 2.28. The number of rotatable bonds is 4. The largest absolute Gasteiger partial charge is 0.438 e. The third-order valence-corrected chi connectivity index (χ3v) is 3.42. The summed E-state index contributed by atoms with van der Waals surface area (Å²) in [5.74, 6) is 2.06. The van der Waals surface area contributed by atoms with Crippen LogP contribution in [0.25, 0.3) is 10.9 Å². The topological polar surface area (TPSA) is 47.9 Å². The molecular formula is C16H14BrN3O. The lowest BCUT2D eigenvalue weighted by Crippen LogP contribution is -1.98. The molecule has 0 N–H and O–H groups in total. The molecule has 0 bridgehead atoms. The maximum Gasteiger partial charge on any atom is 0.223 e. The quantitative estimate of drug-likeness (QED) is 0.653. The van der Waals surface area contributed by atoms with Gasteiger partial charge in [0.2, 0.25) is 5.88 Å². The minimum Gasteiger partial charge on any atom is -0.438 e. The highest BCUT2D eigenvalue weighted by Gasteiger charge is 2.07. The molecule has 0 aliphatic carbocycles. The lowest BCUT2D eigenvalue weighted by atomic mass is 10.2. The van der Waals surface area contributed by atoms with Crippen LogP contribution in [0.3, 0.4) is 0 Å². The van der Waals surface area contributed by atoms with Gasteiger partial charge in [0.05, 0.1) is 5.52 Å². The lowest BCUT2D eigenvalue weighted by molar-refractivity contribution is 0.462. The van der Waals surface area contributed by atoms with E-state index in [-0.39, 0.29) is 0 Å². The van der Waals surface area contributed by atoms with Crippen molar-refractivity contribution in [2.45, 2.75) is 19.8 Å². The van der Waals surface area contributed by atoms with E-state index in [4.69, 9.17) is 4.74 Å². The molecular weight excluding hydrogens is 330 g/mol. The van der Waals surface area contributed by atoms with Crippen LogP contribution in [0.2, 0.25) is 0 Å². The third-order valence-electron chi connectivity index (χ3n) is 3.01. The predicted octanol–water partition coefficient (Wildman–Crippen LogP) is 4.53. The van der Waals surface area contributed by atoms with E-state index >= 15 is 0 Å². The van der Waals surface area contributed by atoms with E-state index in [1.54, 1.807) is 12.3 Å². The van der Waals surface area contributed by atoms with Gasteiger partial charge in [-0.05, 0) is 46.6 Å². The van der Waals surface area contributed by atoms with E-state index in [1.807, 2.05) is 30.3 Å². The first-order valence-corrected chi connectivity index (χ1v) is 7.60. The first kappa shape index (κ1) is 13.9. The minimum absolute atomic E-state index is 0.539. The Kier molecular flexibility index (Phi) is 4.10. The van der Waals surface area contributed by atoms with Gasteiger partial charge >= 0.3 is 0 Å². The molecule has 2 heterocycles. The number of ether oxygens (including phenoxy) is 1. The zero-order valence-electron chi connectivity index (χ0n) is 11.6. The summed E-state index contributed by atoms with van der Waals surface area (Å²) in [5.41, 5.74) is 0.900. The number of hydrogen-bond donors (Lipinski definition) is 0. The molecule has 0 saturated heterocycles. The second-order valence-corrected chi connectivity index (χ2v) is 5.44. The average molecular weight is 344 g/mol. The molecule has 0 aliphatic rings. The average Bonchev–Trinajstić information content (AvgIpc) is 2.47. The first-order chi connectivity index (χ1) is 10.3. The second kappa shape index (κ2) is 6.18. The smallest absolute Gasteiger partial charge is 0.223 e. The van der Waals surface area contributed by atoms with E-state index in [2.05, 4.69) is 37.8 Å². The highest BCUT2D eigenvalue weighted by atomic mass is 79.9. The van der Waals surface area contributed by atoms with Crippen LogP contribution in [-0.4, -0.2) is 15.0 Å². The Hall–Kier alpha value is -2.01. The third kappa shape index (κ3) is 3.19. The van der Waals surface area contributed by atoms with Crippen molar-refractivity contribution in [1.82, 2.24) is 15.0 Å². The van der Waals surface area contributed by atoms with Gasteiger partial charge in [0, 0.05) is 24.1 Å². The molecule has 3 aromatic rings. The Morgan fingerprint density at radius 2 is 2.05 bits per heavy atom. The van der Waals surface area contributed by atoms with Crippen molar-refractivity contribution in [3.63, 3.8) is 0 Å². The van der Waals surface area contributed by atoms with Crippen molar-refractivity contribution in [3.8, 4) is 11.6 Å². The molecule has 5 heteroatoms. The molecule has 0 amide bonds. The molecule has 0 radical (unpaired) electrons. The van der Waals surface area contributed by atoms with Gasteiger partial charge in [0.25, 0.3) is 0 Å². The maximum atomic E-state index is 5.94. The van der Waals surface area contributed by atoms with Crippen molar-refractivity contribution in [2.75, 3.05) is 0 Å². The van der Waals surface area contributed by atoms with Crippen LogP contribution >= 0.6 is 15.9 Å². The predicted molar refractivity (Wildman–Crippen MR) is 85.5 cm³/mol. The highest BCUT2D eigenvalue weighted by molar-refractivity contribution is 9.10. The standard InChI is InChI=1S/C16H14BrN3O/c1-2-5-15-19-14(17)10-16(20-15)21-13-8-3-7-12-11(13)6-4-9-18-12/h3-4,6-10H,2,5H2,1H3. The molecule has 1 aromatic carbocycles. The summed E-state index contributed by atoms with van der Waals surface area (Å²) in [7, 11) is 0. The summed E-state index contributed by atoms with van der Waals surface area (Å²) >= 11 is 3.40. The van der Waals surface area contributed by atoms with Crippen LogP contribution in [0, 0.1) is 0 Å². The Bertz CT molecular complexity index is 771. The molecule has 3 rings (SSSR count). The molecule has 0 spiro atoms. The Morgan fingerprint density at radius 1 is 1.14 bits per heavy atom. The summed E-state index contributed by atoms with van der Waals surface area (Å²) in [6.07, 6.45) is 3.59. The van der Waals surface area contributed by atoms with Gasteiger partial charge in [-0.1, -0.05) is 13.0 Å². The van der Waals surface area contributed by atoms with Crippen LogP contribution in [0.4, 0.5) is 0 Å². The zero-order valence-corrected chi connectivity index (χ0v) is 13.2. The lowest BCUT2D eigenvalue weighted by Gasteiger charge is -2.09. The van der Waals surface area contributed by atoms with E-state index in [0.29, 0.717) is 5.88 Å². The molecule has 0 aliphatic heterocycles. The van der Waals surface area contributed by atoms with E-state index < -0.39 is 0 Å². The van der Waals surface area contributed by atoms with Crippen molar-refractivity contribution in [3.05, 3.63) is 53.0 Å². The molecule has 4 nitrogen and oxygen atoms in total. The minimum atomic E-state index is 0.539.